The van der Waals surface area contributed by atoms with Crippen molar-refractivity contribution in [2.45, 2.75) is 64.5 Å². The van der Waals surface area contributed by atoms with Crippen LogP contribution in [0.15, 0.2) is 0 Å². The fourth-order valence-corrected chi connectivity index (χ4v) is 1.41. The lowest BCUT2D eigenvalue weighted by Crippen LogP contribution is -2.42. The predicted molar refractivity (Wildman–Crippen MR) is 64.5 cm³/mol. The smallest absolute Gasteiger partial charge is 0.324 e. The van der Waals surface area contributed by atoms with E-state index in [1.54, 1.807) is 0 Å². The summed E-state index contributed by atoms with van der Waals surface area (Å²) in [5, 5.41) is 8.62. The first-order chi connectivity index (χ1) is 7.99. The summed E-state index contributed by atoms with van der Waals surface area (Å²) >= 11 is 0. The van der Waals surface area contributed by atoms with Crippen molar-refractivity contribution in [2.24, 2.45) is 5.73 Å². The number of unbranched alkanes of at least 4 members (excludes halogenated alkanes) is 4. The van der Waals surface area contributed by atoms with E-state index in [9.17, 15) is 9.59 Å². The van der Waals surface area contributed by atoms with E-state index in [1.807, 2.05) is 0 Å². The van der Waals surface area contributed by atoms with Gasteiger partial charge >= 0.3 is 11.9 Å². The Balaban J connectivity index is 3.67. The van der Waals surface area contributed by atoms with E-state index in [0.717, 1.165) is 25.7 Å². The maximum Gasteiger partial charge on any atom is 0.324 e. The van der Waals surface area contributed by atoms with E-state index in [2.05, 4.69) is 6.92 Å². The molecule has 3 N–H and O–H groups in total. The Hall–Kier alpha value is -1.10. The van der Waals surface area contributed by atoms with Gasteiger partial charge in [-0.05, 0) is 13.3 Å². The number of carbonyl (C=O) groups is 2. The van der Waals surface area contributed by atoms with Crippen LogP contribution >= 0.6 is 0 Å². The lowest BCUT2D eigenvalue weighted by Gasteiger charge is -2.16. The number of carboxylic acids is 1. The zero-order chi connectivity index (χ0) is 13.3. The fraction of sp³-hybridized carbons (Fsp3) is 0.833. The third-order valence-corrected chi connectivity index (χ3v) is 2.59. The molecule has 0 amide bonds. The van der Waals surface area contributed by atoms with E-state index >= 15 is 0 Å². The zero-order valence-electron chi connectivity index (χ0n) is 10.6. The van der Waals surface area contributed by atoms with Gasteiger partial charge in [-0.2, -0.15) is 0 Å². The molecule has 0 saturated carbocycles. The summed E-state index contributed by atoms with van der Waals surface area (Å²) in [5.41, 5.74) is 5.33. The van der Waals surface area contributed by atoms with E-state index in [1.165, 1.54) is 13.3 Å². The van der Waals surface area contributed by atoms with Crippen molar-refractivity contribution in [3.05, 3.63) is 0 Å². The Morgan fingerprint density at radius 1 is 1.24 bits per heavy atom. The average Bonchev–Trinajstić information content (AvgIpc) is 2.27. The van der Waals surface area contributed by atoms with E-state index in [0.29, 0.717) is 6.42 Å². The van der Waals surface area contributed by atoms with Gasteiger partial charge in [-0.15, -0.1) is 0 Å². The lowest BCUT2D eigenvalue weighted by molar-refractivity contribution is -0.153. The number of carbonyl (C=O) groups excluding carboxylic acids is 1. The fourth-order valence-electron chi connectivity index (χ4n) is 1.41. The molecule has 0 spiro atoms. The minimum absolute atomic E-state index is 0.334. The first-order valence-electron chi connectivity index (χ1n) is 6.17. The van der Waals surface area contributed by atoms with Gasteiger partial charge in [0.15, 0.2) is 0 Å². The molecule has 5 nitrogen and oxygen atoms in total. The molecule has 0 radical (unpaired) electrons. The third-order valence-electron chi connectivity index (χ3n) is 2.59. The molecule has 0 aliphatic rings. The van der Waals surface area contributed by atoms with Crippen LogP contribution in [0.3, 0.4) is 0 Å². The van der Waals surface area contributed by atoms with Crippen molar-refractivity contribution in [2.75, 3.05) is 0 Å². The maximum atomic E-state index is 11.3. The predicted octanol–water partition coefficient (Wildman–Crippen LogP) is 1.69. The van der Waals surface area contributed by atoms with Gasteiger partial charge in [0.1, 0.15) is 12.1 Å². The molecule has 0 aliphatic carbocycles. The highest BCUT2D eigenvalue weighted by molar-refractivity contribution is 5.75. The molecule has 0 aliphatic heterocycles. The number of ether oxygens (including phenoxy) is 1. The van der Waals surface area contributed by atoms with Crippen LogP contribution in [-0.4, -0.2) is 29.2 Å². The second kappa shape index (κ2) is 8.98. The van der Waals surface area contributed by atoms with E-state index in [4.69, 9.17) is 15.6 Å². The molecule has 0 aromatic rings. The summed E-state index contributed by atoms with van der Waals surface area (Å²) in [6.45, 7) is 3.62. The molecule has 0 fully saturated rings. The summed E-state index contributed by atoms with van der Waals surface area (Å²) in [6.07, 6.45) is 4.80. The Labute approximate surface area is 102 Å². The first-order valence-corrected chi connectivity index (χ1v) is 6.17. The third kappa shape index (κ3) is 7.74. The van der Waals surface area contributed by atoms with Gasteiger partial charge in [0.25, 0.3) is 0 Å². The van der Waals surface area contributed by atoms with Crippen molar-refractivity contribution in [1.82, 2.24) is 0 Å². The monoisotopic (exact) mass is 245 g/mol. The zero-order valence-corrected chi connectivity index (χ0v) is 10.6. The van der Waals surface area contributed by atoms with Crippen LogP contribution in [0.5, 0.6) is 0 Å². The summed E-state index contributed by atoms with van der Waals surface area (Å²) in [7, 11) is 0. The second-order valence-corrected chi connectivity index (χ2v) is 4.22. The highest BCUT2D eigenvalue weighted by Crippen LogP contribution is 2.07. The van der Waals surface area contributed by atoms with Crippen LogP contribution in [0.4, 0.5) is 0 Å². The van der Waals surface area contributed by atoms with Crippen LogP contribution in [0.1, 0.15) is 52.4 Å². The quantitative estimate of drug-likeness (QED) is 0.476. The molecule has 2 atom stereocenters. The SMILES string of the molecule is CCCCCCCC(=O)OC(C)C(N)C(=O)O. The normalized spacial score (nSPS) is 14.1. The van der Waals surface area contributed by atoms with E-state index < -0.39 is 18.1 Å². The molecule has 0 saturated heterocycles. The lowest BCUT2D eigenvalue weighted by atomic mass is 10.1. The van der Waals surface area contributed by atoms with Crippen LogP contribution in [0.2, 0.25) is 0 Å². The highest BCUT2D eigenvalue weighted by Gasteiger charge is 2.23. The first kappa shape index (κ1) is 15.9. The van der Waals surface area contributed by atoms with Crippen molar-refractivity contribution in [3.8, 4) is 0 Å². The molecule has 100 valence electrons. The van der Waals surface area contributed by atoms with Crippen LogP contribution in [0.25, 0.3) is 0 Å². The summed E-state index contributed by atoms with van der Waals surface area (Å²) in [5.74, 6) is -1.53. The molecular weight excluding hydrogens is 222 g/mol. The number of rotatable bonds is 9. The van der Waals surface area contributed by atoms with Crippen molar-refractivity contribution in [1.29, 1.82) is 0 Å². The molecule has 2 unspecified atom stereocenters. The van der Waals surface area contributed by atoms with Gasteiger partial charge in [0, 0.05) is 6.42 Å². The largest absolute Gasteiger partial charge is 0.480 e. The number of aliphatic carboxylic acids is 1. The molecule has 0 aromatic carbocycles. The number of hydrogen-bond donors (Lipinski definition) is 2. The number of carboxylic acid groups (broad SMARTS) is 1. The van der Waals surface area contributed by atoms with Crippen LogP contribution in [-0.2, 0) is 14.3 Å². The highest BCUT2D eigenvalue weighted by atomic mass is 16.5. The van der Waals surface area contributed by atoms with Crippen molar-refractivity contribution < 1.29 is 19.4 Å². The average molecular weight is 245 g/mol. The molecular formula is C12H23NO4. The topological polar surface area (TPSA) is 89.6 Å². The van der Waals surface area contributed by atoms with Crippen LogP contribution in [0, 0.1) is 0 Å². The van der Waals surface area contributed by atoms with Gasteiger partial charge < -0.3 is 15.6 Å². The van der Waals surface area contributed by atoms with Gasteiger partial charge in [0.2, 0.25) is 0 Å². The molecule has 0 aromatic heterocycles. The Morgan fingerprint density at radius 3 is 2.35 bits per heavy atom. The number of hydrogen-bond acceptors (Lipinski definition) is 4. The number of esters is 1. The van der Waals surface area contributed by atoms with Crippen molar-refractivity contribution in [3.63, 3.8) is 0 Å². The van der Waals surface area contributed by atoms with Gasteiger partial charge in [-0.1, -0.05) is 32.6 Å². The van der Waals surface area contributed by atoms with E-state index in [-0.39, 0.29) is 5.97 Å². The molecule has 0 heterocycles. The maximum absolute atomic E-state index is 11.3. The summed E-state index contributed by atoms with van der Waals surface area (Å²) in [6, 6.07) is -1.15. The van der Waals surface area contributed by atoms with Gasteiger partial charge in [-0.3, -0.25) is 9.59 Å². The second-order valence-electron chi connectivity index (χ2n) is 4.22. The Morgan fingerprint density at radius 2 is 1.82 bits per heavy atom. The number of nitrogens with two attached hydrogens (primary N) is 1. The minimum atomic E-state index is -1.16. The minimum Gasteiger partial charge on any atom is -0.480 e. The Bertz CT molecular complexity index is 243. The van der Waals surface area contributed by atoms with Crippen LogP contribution < -0.4 is 5.73 Å². The van der Waals surface area contributed by atoms with Gasteiger partial charge in [0.05, 0.1) is 0 Å². The molecule has 0 rings (SSSR count). The van der Waals surface area contributed by atoms with Gasteiger partial charge in [-0.25, -0.2) is 0 Å². The standard InChI is InChI=1S/C12H23NO4/c1-3-4-5-6-7-8-10(14)17-9(2)11(13)12(15)16/h9,11H,3-8,13H2,1-2H3,(H,15,16). The Kier molecular flexibility index (Phi) is 8.40. The molecule has 17 heavy (non-hydrogen) atoms. The molecule has 0 bridgehead atoms. The summed E-state index contributed by atoms with van der Waals surface area (Å²) in [4.78, 5) is 21.9. The summed E-state index contributed by atoms with van der Waals surface area (Å²) < 4.78 is 4.94. The molecule has 5 heteroatoms. The van der Waals surface area contributed by atoms with Crippen molar-refractivity contribution >= 4 is 11.9 Å².